The van der Waals surface area contributed by atoms with Gasteiger partial charge in [0.1, 0.15) is 18.1 Å². The lowest BCUT2D eigenvalue weighted by Gasteiger charge is -2.32. The molecule has 2 aliphatic rings. The van der Waals surface area contributed by atoms with Gasteiger partial charge in [0.05, 0.1) is 45.7 Å². The molecule has 7 heteroatoms. The number of piperidine rings is 1. The number of morpholine rings is 1. The third-order valence-electron chi connectivity index (χ3n) is 8.67. The van der Waals surface area contributed by atoms with Crippen molar-refractivity contribution in [3.63, 3.8) is 0 Å². The number of hydrogen-bond acceptors (Lipinski definition) is 7. The molecule has 0 aromatic heterocycles. The molecule has 2 fully saturated rings. The number of benzene rings is 4. The van der Waals surface area contributed by atoms with Crippen LogP contribution in [-0.4, -0.2) is 76.8 Å². The fourth-order valence-corrected chi connectivity index (χ4v) is 6.09. The SMILES string of the molecule is c1ccc(COCCCOc2ccc([C@H]3CCNC[C@@H]3OCc3ccc4ccc(OCCN5CCOCC5)cc4c3)cc2)cc1. The van der Waals surface area contributed by atoms with Gasteiger partial charge in [-0.2, -0.15) is 0 Å². The molecule has 2 heterocycles. The zero-order chi connectivity index (χ0) is 30.5. The minimum Gasteiger partial charge on any atom is -0.494 e. The Morgan fingerprint density at radius 2 is 1.53 bits per heavy atom. The Bertz CT molecular complexity index is 1440. The van der Waals surface area contributed by atoms with Gasteiger partial charge >= 0.3 is 0 Å². The van der Waals surface area contributed by atoms with E-state index in [9.17, 15) is 0 Å². The highest BCUT2D eigenvalue weighted by Gasteiger charge is 2.27. The molecule has 0 aliphatic carbocycles. The summed E-state index contributed by atoms with van der Waals surface area (Å²) in [6, 6.07) is 31.8. The first-order valence-corrected chi connectivity index (χ1v) is 16.4. The first kappa shape index (κ1) is 31.5. The van der Waals surface area contributed by atoms with Crippen molar-refractivity contribution in [3.8, 4) is 11.5 Å². The van der Waals surface area contributed by atoms with E-state index in [-0.39, 0.29) is 6.10 Å². The summed E-state index contributed by atoms with van der Waals surface area (Å²) in [4.78, 5) is 2.39. The van der Waals surface area contributed by atoms with E-state index >= 15 is 0 Å². The Morgan fingerprint density at radius 1 is 0.733 bits per heavy atom. The Hall–Kier alpha value is -3.46. The van der Waals surface area contributed by atoms with Crippen LogP contribution in [0.2, 0.25) is 0 Å². The summed E-state index contributed by atoms with van der Waals surface area (Å²) in [5.41, 5.74) is 3.67. The van der Waals surface area contributed by atoms with Crippen LogP contribution in [0.1, 0.15) is 35.4 Å². The summed E-state index contributed by atoms with van der Waals surface area (Å²) in [7, 11) is 0. The monoisotopic (exact) mass is 610 g/mol. The van der Waals surface area contributed by atoms with Crippen LogP contribution < -0.4 is 14.8 Å². The van der Waals surface area contributed by atoms with Crippen molar-refractivity contribution >= 4 is 10.8 Å². The molecule has 0 radical (unpaired) electrons. The zero-order valence-electron chi connectivity index (χ0n) is 26.2. The van der Waals surface area contributed by atoms with Crippen LogP contribution in [0.4, 0.5) is 0 Å². The minimum absolute atomic E-state index is 0.109. The van der Waals surface area contributed by atoms with E-state index in [2.05, 4.69) is 83.0 Å². The molecule has 4 aromatic rings. The number of nitrogens with one attached hydrogen (secondary N) is 1. The number of rotatable bonds is 15. The molecule has 4 aromatic carbocycles. The van der Waals surface area contributed by atoms with Crippen LogP contribution in [0.3, 0.4) is 0 Å². The maximum atomic E-state index is 6.56. The van der Waals surface area contributed by atoms with Gasteiger partial charge in [0.25, 0.3) is 0 Å². The van der Waals surface area contributed by atoms with E-state index < -0.39 is 0 Å². The van der Waals surface area contributed by atoms with E-state index in [0.29, 0.717) is 39.0 Å². The van der Waals surface area contributed by atoms with Crippen molar-refractivity contribution in [2.45, 2.75) is 38.1 Å². The molecule has 6 rings (SSSR count). The summed E-state index contributed by atoms with van der Waals surface area (Å²) in [6.45, 7) is 9.58. The van der Waals surface area contributed by atoms with Gasteiger partial charge in [-0.3, -0.25) is 4.90 Å². The quantitative estimate of drug-likeness (QED) is 0.161. The van der Waals surface area contributed by atoms with E-state index in [1.165, 1.54) is 27.5 Å². The van der Waals surface area contributed by atoms with Crippen molar-refractivity contribution in [2.75, 3.05) is 65.8 Å². The van der Waals surface area contributed by atoms with Gasteiger partial charge in [0, 0.05) is 38.5 Å². The summed E-state index contributed by atoms with van der Waals surface area (Å²) >= 11 is 0. The zero-order valence-corrected chi connectivity index (χ0v) is 26.2. The average Bonchev–Trinajstić information content (AvgIpc) is 3.10. The molecule has 1 N–H and O–H groups in total. The molecule has 2 saturated heterocycles. The van der Waals surface area contributed by atoms with Crippen molar-refractivity contribution in [1.29, 1.82) is 0 Å². The van der Waals surface area contributed by atoms with E-state index in [4.69, 9.17) is 23.7 Å². The second kappa shape index (κ2) is 16.7. The van der Waals surface area contributed by atoms with Crippen molar-refractivity contribution in [2.24, 2.45) is 0 Å². The van der Waals surface area contributed by atoms with Crippen LogP contribution in [0.25, 0.3) is 10.8 Å². The molecule has 0 amide bonds. The van der Waals surface area contributed by atoms with Gasteiger partial charge in [-0.15, -0.1) is 0 Å². The molecule has 0 saturated carbocycles. The van der Waals surface area contributed by atoms with Gasteiger partial charge in [-0.25, -0.2) is 0 Å². The molecular formula is C38H46N2O5. The van der Waals surface area contributed by atoms with Crippen LogP contribution in [-0.2, 0) is 27.4 Å². The maximum absolute atomic E-state index is 6.56. The Kier molecular flexibility index (Phi) is 11.7. The van der Waals surface area contributed by atoms with Gasteiger partial charge in [-0.05, 0) is 70.8 Å². The highest BCUT2D eigenvalue weighted by molar-refractivity contribution is 5.84. The number of fused-ring (bicyclic) bond motifs is 1. The molecular weight excluding hydrogens is 564 g/mol. The minimum atomic E-state index is 0.109. The second-order valence-electron chi connectivity index (χ2n) is 11.9. The normalized spacial score (nSPS) is 19.0. The number of ether oxygens (including phenoxy) is 5. The fourth-order valence-electron chi connectivity index (χ4n) is 6.09. The first-order chi connectivity index (χ1) is 22.3. The molecule has 0 spiro atoms. The molecule has 2 aliphatic heterocycles. The van der Waals surface area contributed by atoms with Gasteiger partial charge in [0.15, 0.2) is 0 Å². The standard InChI is InChI=1S/C38H46N2O5/c1-2-5-30(6-3-1)28-42-20-4-21-43-35-12-10-33(11-13-35)37-15-16-39-27-38(37)45-29-31-7-8-32-9-14-36(26-34(32)25-31)44-24-19-40-17-22-41-23-18-40/h1-3,5-14,25-26,37-39H,4,15-24,27-29H2/t37-,38+/m1/s1. The topological polar surface area (TPSA) is 61.4 Å². The molecule has 2 atom stereocenters. The third-order valence-corrected chi connectivity index (χ3v) is 8.67. The number of nitrogens with zero attached hydrogens (tertiary/aromatic N) is 1. The van der Waals surface area contributed by atoms with E-state index in [1.807, 2.05) is 18.2 Å². The van der Waals surface area contributed by atoms with Crippen molar-refractivity contribution < 1.29 is 23.7 Å². The van der Waals surface area contributed by atoms with Gasteiger partial charge < -0.3 is 29.0 Å². The van der Waals surface area contributed by atoms with Crippen molar-refractivity contribution in [1.82, 2.24) is 10.2 Å². The molecule has 7 nitrogen and oxygen atoms in total. The van der Waals surface area contributed by atoms with Gasteiger partial charge in [-0.1, -0.05) is 60.7 Å². The van der Waals surface area contributed by atoms with E-state index in [1.54, 1.807) is 0 Å². The predicted molar refractivity (Wildman–Crippen MR) is 178 cm³/mol. The molecule has 0 bridgehead atoms. The number of hydrogen-bond donors (Lipinski definition) is 1. The highest BCUT2D eigenvalue weighted by Crippen LogP contribution is 2.30. The highest BCUT2D eigenvalue weighted by atomic mass is 16.5. The Morgan fingerprint density at radius 3 is 2.40 bits per heavy atom. The van der Waals surface area contributed by atoms with Crippen LogP contribution >= 0.6 is 0 Å². The smallest absolute Gasteiger partial charge is 0.120 e. The first-order valence-electron chi connectivity index (χ1n) is 16.4. The van der Waals surface area contributed by atoms with Crippen LogP contribution in [0.5, 0.6) is 11.5 Å². The summed E-state index contributed by atoms with van der Waals surface area (Å²) < 4.78 is 29.9. The molecule has 0 unspecified atom stereocenters. The average molecular weight is 611 g/mol. The predicted octanol–water partition coefficient (Wildman–Crippen LogP) is 6.20. The summed E-state index contributed by atoms with van der Waals surface area (Å²) in [6.07, 6.45) is 2.02. The second-order valence-corrected chi connectivity index (χ2v) is 11.9. The fraction of sp³-hybridized carbons (Fsp3) is 0.421. The van der Waals surface area contributed by atoms with Crippen LogP contribution in [0.15, 0.2) is 91.0 Å². The summed E-state index contributed by atoms with van der Waals surface area (Å²) in [5.74, 6) is 2.15. The lowest BCUT2D eigenvalue weighted by Crippen LogP contribution is -2.40. The maximum Gasteiger partial charge on any atom is 0.120 e. The van der Waals surface area contributed by atoms with Crippen molar-refractivity contribution in [3.05, 3.63) is 108 Å². The lowest BCUT2D eigenvalue weighted by atomic mass is 9.87. The largest absolute Gasteiger partial charge is 0.494 e. The molecule has 45 heavy (non-hydrogen) atoms. The van der Waals surface area contributed by atoms with E-state index in [0.717, 1.165) is 70.3 Å². The van der Waals surface area contributed by atoms with Crippen LogP contribution in [0, 0.1) is 0 Å². The summed E-state index contributed by atoms with van der Waals surface area (Å²) in [5, 5.41) is 5.91. The Labute approximate surface area is 267 Å². The lowest BCUT2D eigenvalue weighted by molar-refractivity contribution is 0.0106. The Balaban J connectivity index is 0.963. The molecule has 238 valence electrons. The van der Waals surface area contributed by atoms with Gasteiger partial charge in [0.2, 0.25) is 0 Å². The third kappa shape index (κ3) is 9.52.